The number of nitrogens with one attached hydrogen (secondary N) is 1. The third-order valence-corrected chi connectivity index (χ3v) is 8.12. The van der Waals surface area contributed by atoms with Gasteiger partial charge in [-0.25, -0.2) is 8.42 Å². The molecule has 0 aliphatic carbocycles. The van der Waals surface area contributed by atoms with E-state index in [9.17, 15) is 13.2 Å². The molecule has 1 N–H and O–H groups in total. The first-order chi connectivity index (χ1) is 16.0. The molecule has 33 heavy (non-hydrogen) atoms. The van der Waals surface area contributed by atoms with Crippen LogP contribution in [0.25, 0.3) is 0 Å². The minimum absolute atomic E-state index is 0.0519. The molecule has 0 spiro atoms. The number of hydrogen-bond acceptors (Lipinski definition) is 5. The first-order valence-electron chi connectivity index (χ1n) is 11.8. The molecule has 1 fully saturated rings. The van der Waals surface area contributed by atoms with E-state index < -0.39 is 10.0 Å². The van der Waals surface area contributed by atoms with Crippen LogP contribution < -0.4 is 14.8 Å². The first kappa shape index (κ1) is 23.6. The zero-order chi connectivity index (χ0) is 23.3. The van der Waals surface area contributed by atoms with Gasteiger partial charge in [-0.1, -0.05) is 25.5 Å². The number of rotatable bonds is 7. The van der Waals surface area contributed by atoms with Crippen molar-refractivity contribution in [3.63, 3.8) is 0 Å². The van der Waals surface area contributed by atoms with Gasteiger partial charge in [0.05, 0.1) is 18.1 Å². The maximum Gasteiger partial charge on any atom is 0.243 e. The van der Waals surface area contributed by atoms with Crippen molar-refractivity contribution in [1.82, 2.24) is 4.31 Å². The average molecular weight is 473 g/mol. The number of amides is 1. The molecule has 1 amide bonds. The Morgan fingerprint density at radius 2 is 1.73 bits per heavy atom. The lowest BCUT2D eigenvalue weighted by atomic mass is 9.97. The summed E-state index contributed by atoms with van der Waals surface area (Å²) in [5.41, 5.74) is 2.05. The Labute approximate surface area is 196 Å². The Morgan fingerprint density at radius 1 is 1.03 bits per heavy atom. The number of carbonyl (C=O) groups is 1. The predicted molar refractivity (Wildman–Crippen MR) is 127 cm³/mol. The van der Waals surface area contributed by atoms with Crippen LogP contribution in [0.15, 0.2) is 47.4 Å². The lowest BCUT2D eigenvalue weighted by molar-refractivity contribution is -0.120. The highest BCUT2D eigenvalue weighted by molar-refractivity contribution is 7.89. The largest absolute Gasteiger partial charge is 0.490 e. The number of ether oxygens (including phenoxy) is 2. The highest BCUT2D eigenvalue weighted by Gasteiger charge is 2.32. The summed E-state index contributed by atoms with van der Waals surface area (Å²) in [6, 6.07) is 12.7. The van der Waals surface area contributed by atoms with Gasteiger partial charge in [0.1, 0.15) is 0 Å². The maximum atomic E-state index is 13.2. The number of sulfonamides is 1. The summed E-state index contributed by atoms with van der Waals surface area (Å²) < 4.78 is 39.0. The van der Waals surface area contributed by atoms with Crippen LogP contribution in [-0.2, 0) is 21.2 Å². The summed E-state index contributed by atoms with van der Waals surface area (Å²) in [4.78, 5) is 12.9. The molecule has 7 nitrogen and oxygen atoms in total. The number of nitrogens with zero attached hydrogens (tertiary/aromatic N) is 1. The van der Waals surface area contributed by atoms with Crippen molar-refractivity contribution < 1.29 is 22.7 Å². The van der Waals surface area contributed by atoms with E-state index in [1.54, 1.807) is 18.2 Å². The molecule has 4 rings (SSSR count). The lowest BCUT2D eigenvalue weighted by Gasteiger charge is -2.30. The topological polar surface area (TPSA) is 84.9 Å². The molecule has 0 bridgehead atoms. The Morgan fingerprint density at radius 3 is 2.42 bits per heavy atom. The van der Waals surface area contributed by atoms with Crippen molar-refractivity contribution in [1.29, 1.82) is 0 Å². The van der Waals surface area contributed by atoms with Crippen LogP contribution >= 0.6 is 0 Å². The normalized spacial score (nSPS) is 17.4. The van der Waals surface area contributed by atoms with Crippen LogP contribution in [0.3, 0.4) is 0 Å². The van der Waals surface area contributed by atoms with E-state index in [0.717, 1.165) is 31.4 Å². The summed E-state index contributed by atoms with van der Waals surface area (Å²) in [6.07, 6.45) is 5.09. The predicted octanol–water partition coefficient (Wildman–Crippen LogP) is 4.23. The summed E-state index contributed by atoms with van der Waals surface area (Å²) in [6.45, 7) is 3.84. The average Bonchev–Trinajstić information content (AvgIpc) is 3.08. The third-order valence-electron chi connectivity index (χ3n) is 6.22. The monoisotopic (exact) mass is 472 g/mol. The highest BCUT2D eigenvalue weighted by atomic mass is 32.2. The zero-order valence-electron chi connectivity index (χ0n) is 19.1. The van der Waals surface area contributed by atoms with Crippen molar-refractivity contribution >= 4 is 21.6 Å². The van der Waals surface area contributed by atoms with E-state index in [1.165, 1.54) is 9.87 Å². The van der Waals surface area contributed by atoms with Crippen molar-refractivity contribution in [2.24, 2.45) is 5.92 Å². The van der Waals surface area contributed by atoms with Gasteiger partial charge in [-0.05, 0) is 55.5 Å². The van der Waals surface area contributed by atoms with Crippen LogP contribution in [0, 0.1) is 5.92 Å². The lowest BCUT2D eigenvalue weighted by Crippen LogP contribution is -2.41. The smallest absolute Gasteiger partial charge is 0.243 e. The van der Waals surface area contributed by atoms with E-state index in [4.69, 9.17) is 9.47 Å². The van der Waals surface area contributed by atoms with Crippen molar-refractivity contribution in [2.75, 3.05) is 31.6 Å². The number of carbonyl (C=O) groups excluding carboxylic acids is 1. The van der Waals surface area contributed by atoms with Gasteiger partial charge in [0.15, 0.2) is 11.5 Å². The Balaban J connectivity index is 1.34. The fraction of sp³-hybridized carbons (Fsp3) is 0.480. The van der Waals surface area contributed by atoms with Crippen LogP contribution in [0.1, 0.15) is 44.6 Å². The third kappa shape index (κ3) is 5.68. The van der Waals surface area contributed by atoms with Gasteiger partial charge in [-0.3, -0.25) is 4.79 Å². The number of piperidine rings is 1. The highest BCUT2D eigenvalue weighted by Crippen LogP contribution is 2.34. The summed E-state index contributed by atoms with van der Waals surface area (Å²) in [5.74, 6) is 0.771. The molecule has 0 aromatic heterocycles. The van der Waals surface area contributed by atoms with Crippen LogP contribution in [0.2, 0.25) is 0 Å². The van der Waals surface area contributed by atoms with Crippen molar-refractivity contribution in [3.05, 3.63) is 48.0 Å². The van der Waals surface area contributed by atoms with Gasteiger partial charge in [0.25, 0.3) is 0 Å². The standard InChI is InChI=1S/C25H32N2O5S/c1-2-3-5-19-6-8-21(9-7-19)26-25(28)20-12-14-27(15-13-20)33(29,30)22-10-11-23-24(18-22)32-17-4-16-31-23/h6-11,18,20H,2-5,12-17H2,1H3,(H,26,28). The second-order valence-electron chi connectivity index (χ2n) is 8.63. The Kier molecular flexibility index (Phi) is 7.55. The summed E-state index contributed by atoms with van der Waals surface area (Å²) in [5, 5.41) is 2.98. The van der Waals surface area contributed by atoms with Gasteiger partial charge in [0.2, 0.25) is 15.9 Å². The number of benzene rings is 2. The van der Waals surface area contributed by atoms with Gasteiger partial charge < -0.3 is 14.8 Å². The second-order valence-corrected chi connectivity index (χ2v) is 10.6. The fourth-order valence-corrected chi connectivity index (χ4v) is 5.68. The molecule has 2 aromatic carbocycles. The number of hydrogen-bond donors (Lipinski definition) is 1. The Hall–Kier alpha value is -2.58. The SMILES string of the molecule is CCCCc1ccc(NC(=O)C2CCN(S(=O)(=O)c3ccc4c(c3)OCCCO4)CC2)cc1. The van der Waals surface area contributed by atoms with E-state index in [-0.39, 0.29) is 16.7 Å². The quantitative estimate of drug-likeness (QED) is 0.652. The van der Waals surface area contributed by atoms with Gasteiger partial charge in [0, 0.05) is 37.2 Å². The van der Waals surface area contributed by atoms with E-state index >= 15 is 0 Å². The molecule has 178 valence electrons. The Bertz CT molecular complexity index is 1060. The molecule has 2 aliphatic heterocycles. The molecule has 0 radical (unpaired) electrons. The number of unbranched alkanes of at least 4 members (excludes halogenated alkanes) is 1. The number of fused-ring (bicyclic) bond motifs is 1. The molecular weight excluding hydrogens is 440 g/mol. The van der Waals surface area contributed by atoms with Crippen LogP contribution in [-0.4, -0.2) is 44.9 Å². The molecule has 2 aliphatic rings. The molecule has 1 saturated heterocycles. The van der Waals surface area contributed by atoms with Gasteiger partial charge in [-0.15, -0.1) is 0 Å². The maximum absolute atomic E-state index is 13.2. The van der Waals surface area contributed by atoms with E-state index in [1.807, 2.05) is 12.1 Å². The van der Waals surface area contributed by atoms with E-state index in [0.29, 0.717) is 50.6 Å². The molecule has 0 atom stereocenters. The molecule has 0 saturated carbocycles. The van der Waals surface area contributed by atoms with Crippen LogP contribution in [0.4, 0.5) is 5.69 Å². The number of anilines is 1. The molecule has 0 unspecified atom stereocenters. The van der Waals surface area contributed by atoms with Crippen molar-refractivity contribution in [2.45, 2.75) is 50.3 Å². The van der Waals surface area contributed by atoms with E-state index in [2.05, 4.69) is 24.4 Å². The molecular formula is C25H32N2O5S. The molecule has 2 aromatic rings. The first-order valence-corrected chi connectivity index (χ1v) is 13.2. The molecule has 2 heterocycles. The second kappa shape index (κ2) is 10.6. The van der Waals surface area contributed by atoms with Crippen molar-refractivity contribution in [3.8, 4) is 11.5 Å². The number of aryl methyl sites for hydroxylation is 1. The zero-order valence-corrected chi connectivity index (χ0v) is 19.9. The summed E-state index contributed by atoms with van der Waals surface area (Å²) >= 11 is 0. The minimum Gasteiger partial charge on any atom is -0.490 e. The summed E-state index contributed by atoms with van der Waals surface area (Å²) in [7, 11) is -3.66. The van der Waals surface area contributed by atoms with Crippen LogP contribution in [0.5, 0.6) is 11.5 Å². The van der Waals surface area contributed by atoms with Gasteiger partial charge >= 0.3 is 0 Å². The van der Waals surface area contributed by atoms with Gasteiger partial charge in [-0.2, -0.15) is 4.31 Å². The minimum atomic E-state index is -3.66. The fourth-order valence-electron chi connectivity index (χ4n) is 4.19. The molecule has 8 heteroatoms.